The molecule has 0 bridgehead atoms. The summed E-state index contributed by atoms with van der Waals surface area (Å²) in [6.07, 6.45) is 4.71. The van der Waals surface area contributed by atoms with E-state index in [1.165, 1.54) is 43.2 Å². The molecule has 3 aromatic carbocycles. The van der Waals surface area contributed by atoms with Crippen LogP contribution >= 0.6 is 23.2 Å². The van der Waals surface area contributed by atoms with Crippen LogP contribution < -0.4 is 14.4 Å². The van der Waals surface area contributed by atoms with E-state index < -0.39 is 22.5 Å². The summed E-state index contributed by atoms with van der Waals surface area (Å²) in [5.41, 5.74) is 0.816. The number of carbonyl (C=O) groups is 1. The van der Waals surface area contributed by atoms with Crippen molar-refractivity contribution in [2.75, 3.05) is 16.2 Å². The molecule has 0 unspecified atom stereocenters. The fraction of sp³-hybridized carbons (Fsp3) is 0.240. The molecule has 0 saturated heterocycles. The third-order valence-electron chi connectivity index (χ3n) is 5.53. The molecule has 3 aromatic rings. The molecule has 4 rings (SSSR count). The number of carbonyl (C=O) groups excluding carboxylic acids is 1. The molecule has 0 aliphatic heterocycles. The van der Waals surface area contributed by atoms with Gasteiger partial charge in [-0.25, -0.2) is 8.42 Å². The maximum Gasteiger partial charge on any atom is 0.264 e. The van der Waals surface area contributed by atoms with Gasteiger partial charge in [0.25, 0.3) is 10.0 Å². The fourth-order valence-corrected chi connectivity index (χ4v) is 5.55. The minimum absolute atomic E-state index is 0.0121. The number of hydrogen-bond acceptors (Lipinski definition) is 4. The monoisotopic (exact) mass is 518 g/mol. The zero-order valence-electron chi connectivity index (χ0n) is 18.3. The van der Waals surface area contributed by atoms with Gasteiger partial charge in [-0.15, -0.1) is 0 Å². The molecule has 1 amide bonds. The third kappa shape index (κ3) is 6.03. The van der Waals surface area contributed by atoms with Gasteiger partial charge in [0.05, 0.1) is 16.7 Å². The Morgan fingerprint density at radius 3 is 2.26 bits per heavy atom. The lowest BCUT2D eigenvalue weighted by Gasteiger charge is -2.24. The lowest BCUT2D eigenvalue weighted by molar-refractivity contribution is -0.114. The van der Waals surface area contributed by atoms with Crippen molar-refractivity contribution < 1.29 is 17.9 Å². The Hall–Kier alpha value is -2.74. The minimum atomic E-state index is -4.06. The van der Waals surface area contributed by atoms with Gasteiger partial charge in [0, 0.05) is 15.7 Å². The van der Waals surface area contributed by atoms with Gasteiger partial charge in [-0.3, -0.25) is 9.10 Å². The zero-order chi connectivity index (χ0) is 24.1. The average molecular weight is 519 g/mol. The number of hydrogen-bond donors (Lipinski definition) is 1. The number of nitrogens with zero attached hydrogens (tertiary/aromatic N) is 1. The first-order valence-electron chi connectivity index (χ1n) is 10.9. The Morgan fingerprint density at radius 1 is 0.941 bits per heavy atom. The summed E-state index contributed by atoms with van der Waals surface area (Å²) < 4.78 is 33.8. The predicted octanol–water partition coefficient (Wildman–Crippen LogP) is 6.15. The Kier molecular flexibility index (Phi) is 7.66. The maximum atomic E-state index is 13.4. The molecule has 6 nitrogen and oxygen atoms in total. The van der Waals surface area contributed by atoms with Gasteiger partial charge in [-0.05, 0) is 92.4 Å². The molecule has 0 aromatic heterocycles. The molecule has 0 atom stereocenters. The van der Waals surface area contributed by atoms with Gasteiger partial charge in [0.1, 0.15) is 12.3 Å². The number of nitrogens with one attached hydrogen (secondary N) is 1. The summed E-state index contributed by atoms with van der Waals surface area (Å²) in [6, 6.07) is 19.2. The number of sulfonamides is 1. The predicted molar refractivity (Wildman–Crippen MR) is 135 cm³/mol. The van der Waals surface area contributed by atoms with Crippen molar-refractivity contribution in [3.05, 3.63) is 82.8 Å². The van der Waals surface area contributed by atoms with Crippen molar-refractivity contribution in [1.29, 1.82) is 0 Å². The highest BCUT2D eigenvalue weighted by molar-refractivity contribution is 7.92. The summed E-state index contributed by atoms with van der Waals surface area (Å²) in [5.74, 6) is 0.248. The van der Waals surface area contributed by atoms with Gasteiger partial charge >= 0.3 is 0 Å². The van der Waals surface area contributed by atoms with E-state index in [1.807, 2.05) is 0 Å². The van der Waals surface area contributed by atoms with Crippen molar-refractivity contribution >= 4 is 50.5 Å². The van der Waals surface area contributed by atoms with Crippen molar-refractivity contribution in [2.24, 2.45) is 0 Å². The van der Waals surface area contributed by atoms with Crippen LogP contribution in [-0.4, -0.2) is 27.0 Å². The quantitative estimate of drug-likeness (QED) is 0.388. The second kappa shape index (κ2) is 10.7. The SMILES string of the molecule is O=C(CN(c1cccc(Cl)c1)S(=O)(=O)c1ccc(Cl)cc1)Nc1ccc(OC2CCCC2)cc1. The Bertz CT molecular complexity index is 1240. The molecule has 1 aliphatic rings. The Morgan fingerprint density at radius 2 is 1.62 bits per heavy atom. The van der Waals surface area contributed by atoms with Crippen molar-refractivity contribution in [1.82, 2.24) is 0 Å². The molecule has 178 valence electrons. The van der Waals surface area contributed by atoms with Crippen LogP contribution in [0.15, 0.2) is 77.7 Å². The first-order chi connectivity index (χ1) is 16.3. The fourth-order valence-electron chi connectivity index (χ4n) is 3.83. The normalized spacial score (nSPS) is 14.1. The molecule has 0 radical (unpaired) electrons. The maximum absolute atomic E-state index is 13.4. The first kappa shape index (κ1) is 24.4. The zero-order valence-corrected chi connectivity index (χ0v) is 20.6. The van der Waals surface area contributed by atoms with Gasteiger partial charge < -0.3 is 10.1 Å². The Labute approximate surface area is 209 Å². The van der Waals surface area contributed by atoms with E-state index in [9.17, 15) is 13.2 Å². The summed E-state index contributed by atoms with van der Waals surface area (Å²) in [7, 11) is -4.06. The highest BCUT2D eigenvalue weighted by Gasteiger charge is 2.27. The molecule has 1 saturated carbocycles. The molecule has 9 heteroatoms. The van der Waals surface area contributed by atoms with Crippen LogP contribution in [0.25, 0.3) is 0 Å². The van der Waals surface area contributed by atoms with E-state index in [4.69, 9.17) is 27.9 Å². The van der Waals surface area contributed by atoms with Crippen LogP contribution in [0.1, 0.15) is 25.7 Å². The minimum Gasteiger partial charge on any atom is -0.490 e. The first-order valence-corrected chi connectivity index (χ1v) is 13.1. The van der Waals surface area contributed by atoms with E-state index in [-0.39, 0.29) is 16.7 Å². The lowest BCUT2D eigenvalue weighted by Crippen LogP contribution is -2.38. The van der Waals surface area contributed by atoms with E-state index >= 15 is 0 Å². The highest BCUT2D eigenvalue weighted by atomic mass is 35.5. The standard InChI is InChI=1S/C25H24Cl2N2O4S/c26-18-8-14-24(15-9-18)34(31,32)29(21-5-3-4-19(27)16-21)17-25(30)28-20-10-12-23(13-11-20)33-22-6-1-2-7-22/h3-5,8-16,22H,1-2,6-7,17H2,(H,28,30). The second-order valence-electron chi connectivity index (χ2n) is 8.04. The number of rotatable bonds is 8. The highest BCUT2D eigenvalue weighted by Crippen LogP contribution is 2.28. The number of halogens is 2. The molecular formula is C25H24Cl2N2O4S. The molecule has 34 heavy (non-hydrogen) atoms. The molecular weight excluding hydrogens is 495 g/mol. The number of anilines is 2. The summed E-state index contributed by atoms with van der Waals surface area (Å²) in [4.78, 5) is 12.9. The summed E-state index contributed by atoms with van der Waals surface area (Å²) >= 11 is 12.0. The lowest BCUT2D eigenvalue weighted by atomic mass is 10.2. The van der Waals surface area contributed by atoms with E-state index in [0.29, 0.717) is 15.7 Å². The molecule has 1 N–H and O–H groups in total. The van der Waals surface area contributed by atoms with Crippen LogP contribution in [-0.2, 0) is 14.8 Å². The molecule has 0 spiro atoms. The van der Waals surface area contributed by atoms with Crippen molar-refractivity contribution in [2.45, 2.75) is 36.7 Å². The molecule has 1 fully saturated rings. The van der Waals surface area contributed by atoms with Crippen LogP contribution in [0, 0.1) is 0 Å². The number of ether oxygens (including phenoxy) is 1. The molecule has 0 heterocycles. The topological polar surface area (TPSA) is 75.7 Å². The van der Waals surface area contributed by atoms with Gasteiger partial charge in [-0.1, -0.05) is 29.3 Å². The summed E-state index contributed by atoms with van der Waals surface area (Å²) in [6.45, 7) is -0.439. The number of benzene rings is 3. The largest absolute Gasteiger partial charge is 0.490 e. The van der Waals surface area contributed by atoms with Crippen LogP contribution in [0.2, 0.25) is 10.0 Å². The number of amides is 1. The smallest absolute Gasteiger partial charge is 0.264 e. The second-order valence-corrected chi connectivity index (χ2v) is 10.8. The van der Waals surface area contributed by atoms with Crippen LogP contribution in [0.5, 0.6) is 5.75 Å². The molecule has 1 aliphatic carbocycles. The van der Waals surface area contributed by atoms with Gasteiger partial charge in [-0.2, -0.15) is 0 Å². The Balaban J connectivity index is 1.51. The average Bonchev–Trinajstić information content (AvgIpc) is 3.32. The summed E-state index contributed by atoms with van der Waals surface area (Å²) in [5, 5.41) is 3.52. The van der Waals surface area contributed by atoms with Crippen LogP contribution in [0.4, 0.5) is 11.4 Å². The third-order valence-corrected chi connectivity index (χ3v) is 7.80. The van der Waals surface area contributed by atoms with E-state index in [2.05, 4.69) is 5.32 Å². The van der Waals surface area contributed by atoms with E-state index in [1.54, 1.807) is 42.5 Å². The van der Waals surface area contributed by atoms with Gasteiger partial charge in [0.2, 0.25) is 5.91 Å². The van der Waals surface area contributed by atoms with Crippen molar-refractivity contribution in [3.63, 3.8) is 0 Å². The van der Waals surface area contributed by atoms with Crippen molar-refractivity contribution in [3.8, 4) is 5.75 Å². The van der Waals surface area contributed by atoms with Gasteiger partial charge in [0.15, 0.2) is 0 Å². The van der Waals surface area contributed by atoms with Crippen LogP contribution in [0.3, 0.4) is 0 Å². The van der Waals surface area contributed by atoms with E-state index in [0.717, 1.165) is 22.9 Å².